The van der Waals surface area contributed by atoms with Gasteiger partial charge in [0.05, 0.1) is 23.9 Å². The molecule has 2 heterocycles. The van der Waals surface area contributed by atoms with Crippen LogP contribution in [0.5, 0.6) is 5.75 Å². The highest BCUT2D eigenvalue weighted by atomic mass is 32.2. The van der Waals surface area contributed by atoms with Crippen LogP contribution >= 0.6 is 11.8 Å². The molecule has 3 aromatic rings. The summed E-state index contributed by atoms with van der Waals surface area (Å²) in [5.74, 6) is 1.22. The number of nitrogens with zero attached hydrogens (tertiary/aromatic N) is 3. The van der Waals surface area contributed by atoms with Crippen LogP contribution in [0.3, 0.4) is 0 Å². The van der Waals surface area contributed by atoms with E-state index < -0.39 is 6.17 Å². The summed E-state index contributed by atoms with van der Waals surface area (Å²) in [6.45, 7) is 3.50. The van der Waals surface area contributed by atoms with Crippen molar-refractivity contribution >= 4 is 23.4 Å². The summed E-state index contributed by atoms with van der Waals surface area (Å²) >= 11 is 1.44. The lowest BCUT2D eigenvalue weighted by Gasteiger charge is -2.31. The molecule has 148 valence electrons. The molecular weight excluding hydrogens is 388 g/mol. The number of fused-ring (bicyclic) bond motifs is 3. The van der Waals surface area contributed by atoms with Crippen molar-refractivity contribution in [2.24, 2.45) is 0 Å². The molecule has 1 aromatic heterocycles. The van der Waals surface area contributed by atoms with Crippen LogP contribution in [0.25, 0.3) is 11.3 Å². The number of benzene rings is 2. The van der Waals surface area contributed by atoms with E-state index in [4.69, 9.17) is 9.84 Å². The van der Waals surface area contributed by atoms with Crippen molar-refractivity contribution in [3.63, 3.8) is 0 Å². The Morgan fingerprint density at radius 1 is 1.24 bits per heavy atom. The van der Waals surface area contributed by atoms with Crippen molar-refractivity contribution in [3.05, 3.63) is 64.4 Å². The van der Waals surface area contributed by atoms with E-state index in [1.165, 1.54) is 18.7 Å². The van der Waals surface area contributed by atoms with Crippen LogP contribution in [0.15, 0.2) is 58.5 Å². The summed E-state index contributed by atoms with van der Waals surface area (Å²) in [5, 5.41) is 5.21. The second kappa shape index (κ2) is 7.71. The maximum absolute atomic E-state index is 13.1. The summed E-state index contributed by atoms with van der Waals surface area (Å²) in [6.07, 6.45) is -0.646. The topological polar surface area (TPSA) is 79.2 Å². The maximum Gasteiger partial charge on any atom is 0.325 e. The highest BCUT2D eigenvalue weighted by Crippen LogP contribution is 2.39. The number of hydrogen-bond acceptors (Lipinski definition) is 5. The lowest BCUT2D eigenvalue weighted by atomic mass is 10.0. The third kappa shape index (κ3) is 3.19. The first-order chi connectivity index (χ1) is 14.1. The Morgan fingerprint density at radius 2 is 1.97 bits per heavy atom. The van der Waals surface area contributed by atoms with Crippen LogP contribution in [0, 0.1) is 0 Å². The summed E-state index contributed by atoms with van der Waals surface area (Å²) in [6, 6.07) is 14.8. The van der Waals surface area contributed by atoms with E-state index in [0.29, 0.717) is 27.9 Å². The first-order valence-corrected chi connectivity index (χ1v) is 10.3. The van der Waals surface area contributed by atoms with Gasteiger partial charge in [0.15, 0.2) is 0 Å². The van der Waals surface area contributed by atoms with Gasteiger partial charge in [-0.15, -0.1) is 0 Å². The van der Waals surface area contributed by atoms with Crippen LogP contribution in [-0.2, 0) is 4.79 Å². The van der Waals surface area contributed by atoms with E-state index in [1.54, 1.807) is 16.7 Å². The van der Waals surface area contributed by atoms with Crippen LogP contribution < -0.4 is 19.9 Å². The molecule has 1 atom stereocenters. The molecule has 0 unspecified atom stereocenters. The normalized spacial score (nSPS) is 14.9. The number of nitrogens with one attached hydrogen (secondary N) is 1. The standard InChI is InChI=1S/C21H20N4O3S/c1-4-29-21-22-19(27)18-14-9-5-7-11-16(14)24(13(2)26)20(25(18)23-21)15-10-6-8-12-17(15)28-3/h5-12,20H,4H2,1-3H3/p+1/t20-/m0/s1. The third-order valence-corrected chi connectivity index (χ3v) is 5.54. The Morgan fingerprint density at radius 3 is 2.69 bits per heavy atom. The number of carbonyl (C=O) groups excluding carboxylic acids is 1. The Labute approximate surface area is 172 Å². The van der Waals surface area contributed by atoms with Crippen molar-refractivity contribution in [3.8, 4) is 17.0 Å². The molecule has 0 saturated heterocycles. The van der Waals surface area contributed by atoms with Gasteiger partial charge in [-0.05, 0) is 34.7 Å². The molecule has 0 aliphatic carbocycles. The van der Waals surface area contributed by atoms with Crippen molar-refractivity contribution < 1.29 is 14.2 Å². The molecule has 0 fully saturated rings. The van der Waals surface area contributed by atoms with Gasteiger partial charge in [0.25, 0.3) is 6.17 Å². The minimum atomic E-state index is -0.646. The number of carbonyl (C=O) groups is 1. The van der Waals surface area contributed by atoms with Crippen molar-refractivity contribution in [2.45, 2.75) is 25.2 Å². The summed E-state index contributed by atoms with van der Waals surface area (Å²) < 4.78 is 7.20. The van der Waals surface area contributed by atoms with Gasteiger partial charge in [-0.25, -0.2) is 4.90 Å². The summed E-state index contributed by atoms with van der Waals surface area (Å²) in [7, 11) is 1.59. The molecular formula is C21H21N4O3S+. The fourth-order valence-electron chi connectivity index (χ4n) is 3.68. The first-order valence-electron chi connectivity index (χ1n) is 9.27. The zero-order valence-corrected chi connectivity index (χ0v) is 17.2. The predicted molar refractivity (Wildman–Crippen MR) is 111 cm³/mol. The number of anilines is 1. The minimum Gasteiger partial charge on any atom is -0.496 e. The van der Waals surface area contributed by atoms with Crippen molar-refractivity contribution in [2.75, 3.05) is 17.8 Å². The maximum atomic E-state index is 13.1. The van der Waals surface area contributed by atoms with Crippen LogP contribution in [0.1, 0.15) is 25.6 Å². The molecule has 1 aliphatic rings. The van der Waals surface area contributed by atoms with E-state index in [9.17, 15) is 9.59 Å². The largest absolute Gasteiger partial charge is 0.496 e. The number of thioether (sulfide) groups is 1. The van der Waals surface area contributed by atoms with Gasteiger partial charge in [-0.1, -0.05) is 43.0 Å². The molecule has 1 N–H and O–H groups in total. The smallest absolute Gasteiger partial charge is 0.325 e. The number of ether oxygens (including phenoxy) is 1. The number of amides is 1. The molecule has 1 amide bonds. The first kappa shape index (κ1) is 19.2. The van der Waals surface area contributed by atoms with E-state index in [-0.39, 0.29) is 11.5 Å². The van der Waals surface area contributed by atoms with Crippen LogP contribution in [-0.4, -0.2) is 28.9 Å². The third-order valence-electron chi connectivity index (χ3n) is 4.80. The Balaban J connectivity index is 2.09. The molecule has 1 aliphatic heterocycles. The second-order valence-corrected chi connectivity index (χ2v) is 7.76. The average Bonchev–Trinajstić information content (AvgIpc) is 2.72. The van der Waals surface area contributed by atoms with E-state index >= 15 is 0 Å². The highest BCUT2D eigenvalue weighted by Gasteiger charge is 2.45. The molecule has 0 bridgehead atoms. The van der Waals surface area contributed by atoms with E-state index in [0.717, 1.165) is 11.3 Å². The van der Waals surface area contributed by atoms with Crippen LogP contribution in [0.4, 0.5) is 5.69 Å². The zero-order chi connectivity index (χ0) is 20.5. The highest BCUT2D eigenvalue weighted by molar-refractivity contribution is 7.99. The molecule has 0 saturated carbocycles. The predicted octanol–water partition coefficient (Wildman–Crippen LogP) is 2.76. The molecule has 4 rings (SSSR count). The fourth-order valence-corrected chi connectivity index (χ4v) is 4.26. The Hall–Kier alpha value is -3.13. The summed E-state index contributed by atoms with van der Waals surface area (Å²) in [5.41, 5.74) is 2.24. The van der Waals surface area contributed by atoms with E-state index in [2.05, 4.69) is 4.98 Å². The Kier molecular flexibility index (Phi) is 5.10. The van der Waals surface area contributed by atoms with Gasteiger partial charge in [0.2, 0.25) is 11.1 Å². The Bertz CT molecular complexity index is 1140. The second-order valence-electron chi connectivity index (χ2n) is 6.51. The lowest BCUT2D eigenvalue weighted by molar-refractivity contribution is -0.763. The number of aromatic amines is 1. The molecule has 29 heavy (non-hydrogen) atoms. The minimum absolute atomic E-state index is 0.154. The SMILES string of the molecule is CCSc1n[n+]2c(c(=O)[nH]1)-c1ccccc1N(C(C)=O)[C@@H]2c1ccccc1OC. The summed E-state index contributed by atoms with van der Waals surface area (Å²) in [4.78, 5) is 30.4. The van der Waals surface area contributed by atoms with Crippen molar-refractivity contribution in [1.29, 1.82) is 0 Å². The number of hydrogen-bond donors (Lipinski definition) is 1. The van der Waals surface area contributed by atoms with Crippen molar-refractivity contribution in [1.82, 2.24) is 10.1 Å². The number of H-pyrrole nitrogens is 1. The van der Waals surface area contributed by atoms with Gasteiger partial charge in [0, 0.05) is 12.0 Å². The molecule has 2 aromatic carbocycles. The van der Waals surface area contributed by atoms with Gasteiger partial charge in [-0.3, -0.25) is 14.6 Å². The number of para-hydroxylation sites is 2. The fraction of sp³-hybridized carbons (Fsp3) is 0.238. The molecule has 0 radical (unpaired) electrons. The average molecular weight is 409 g/mol. The molecule has 0 spiro atoms. The van der Waals surface area contributed by atoms with E-state index in [1.807, 2.05) is 55.5 Å². The number of aromatic nitrogens is 3. The van der Waals surface area contributed by atoms with Gasteiger partial charge >= 0.3 is 11.3 Å². The molecule has 8 heteroatoms. The van der Waals surface area contributed by atoms with Gasteiger partial charge < -0.3 is 4.74 Å². The number of rotatable bonds is 4. The monoisotopic (exact) mass is 409 g/mol. The zero-order valence-electron chi connectivity index (χ0n) is 16.4. The van der Waals surface area contributed by atoms with Gasteiger partial charge in [-0.2, -0.15) is 0 Å². The quantitative estimate of drug-likeness (QED) is 0.530. The van der Waals surface area contributed by atoms with Crippen LogP contribution in [0.2, 0.25) is 0 Å². The van der Waals surface area contributed by atoms with Gasteiger partial charge in [0.1, 0.15) is 5.75 Å². The molecule has 7 nitrogen and oxygen atoms in total. The lowest BCUT2D eigenvalue weighted by Crippen LogP contribution is -2.60. The number of methoxy groups -OCH3 is 1.